The number of hydrogen-bond donors (Lipinski definition) is 10. The zero-order valence-corrected chi connectivity index (χ0v) is 27.0. The summed E-state index contributed by atoms with van der Waals surface area (Å²) < 4.78 is 41.1. The number of aliphatic hydroxyl groups is 7. The number of carbonyl (C=O) groups excluding carboxylic acids is 1. The van der Waals surface area contributed by atoms with Gasteiger partial charge in [-0.2, -0.15) is 0 Å². The van der Waals surface area contributed by atoms with E-state index in [0.717, 1.165) is 35.7 Å². The Morgan fingerprint density at radius 2 is 1.65 bits per heavy atom. The van der Waals surface area contributed by atoms with Crippen LogP contribution in [0.5, 0.6) is 0 Å². The van der Waals surface area contributed by atoms with Crippen molar-refractivity contribution in [3.05, 3.63) is 35.8 Å². The average Bonchev–Trinajstić information content (AvgIpc) is 3.71. The summed E-state index contributed by atoms with van der Waals surface area (Å²) in [5, 5.41) is 77.8. The molecule has 1 aromatic heterocycles. The van der Waals surface area contributed by atoms with Crippen molar-refractivity contribution in [2.75, 3.05) is 32.9 Å². The number of halogens is 1. The van der Waals surface area contributed by atoms with Gasteiger partial charge in [-0.1, -0.05) is 12.8 Å². The van der Waals surface area contributed by atoms with E-state index in [0.29, 0.717) is 32.4 Å². The molecule has 276 valence electrons. The molecule has 2 aromatic rings. The standard InChI is InChI=1S/C32H48FN3O13/c33-17-5-6-20-16(12-36-21(20)10-17)9-18-11-19(13-35-18)46-32(44)34-7-3-1-2-4-8-45-30-28(43)26(41)29(23(15-38)48-30)49-31-27(42)25(40)24(39)22(14-37)47-31/h5-6,10,12,18-19,22-31,35-43H,1-4,7-9,11,13-15H2,(H,34,44)/t18-,19+,22?,23?,24+,25+,26-,27?,28?,29-,30-,31+/m1/s1. The lowest BCUT2D eigenvalue weighted by Gasteiger charge is -2.45. The third-order valence-corrected chi connectivity index (χ3v) is 9.23. The molecule has 49 heavy (non-hydrogen) atoms. The number of H-pyrrole nitrogens is 1. The van der Waals surface area contributed by atoms with Gasteiger partial charge in [-0.3, -0.25) is 0 Å². The quantitative estimate of drug-likeness (QED) is 0.0952. The van der Waals surface area contributed by atoms with Crippen molar-refractivity contribution in [1.29, 1.82) is 0 Å². The van der Waals surface area contributed by atoms with Gasteiger partial charge >= 0.3 is 6.09 Å². The summed E-state index contributed by atoms with van der Waals surface area (Å²) in [7, 11) is 0. The molecule has 4 unspecified atom stereocenters. The first-order valence-electron chi connectivity index (χ1n) is 16.7. The van der Waals surface area contributed by atoms with E-state index in [9.17, 15) is 44.9 Å². The maximum atomic E-state index is 13.5. The molecule has 0 saturated carbocycles. The van der Waals surface area contributed by atoms with Gasteiger partial charge in [-0.15, -0.1) is 0 Å². The van der Waals surface area contributed by atoms with Crippen molar-refractivity contribution < 1.29 is 68.6 Å². The Morgan fingerprint density at radius 3 is 2.43 bits per heavy atom. The predicted octanol–water partition coefficient (Wildman–Crippen LogP) is -1.49. The van der Waals surface area contributed by atoms with E-state index in [1.807, 2.05) is 6.20 Å². The molecule has 0 radical (unpaired) electrons. The van der Waals surface area contributed by atoms with Crippen molar-refractivity contribution in [2.24, 2.45) is 0 Å². The summed E-state index contributed by atoms with van der Waals surface area (Å²) >= 11 is 0. The number of alkyl carbamates (subject to hydrolysis) is 1. The molecule has 0 spiro atoms. The van der Waals surface area contributed by atoms with E-state index in [1.54, 1.807) is 6.07 Å². The number of aromatic nitrogens is 1. The molecule has 3 saturated heterocycles. The molecule has 5 rings (SSSR count). The van der Waals surface area contributed by atoms with Gasteiger partial charge in [0.25, 0.3) is 0 Å². The fourth-order valence-electron chi connectivity index (χ4n) is 6.48. The molecule has 10 N–H and O–H groups in total. The second-order valence-electron chi connectivity index (χ2n) is 12.8. The number of nitrogens with one attached hydrogen (secondary N) is 3. The van der Waals surface area contributed by atoms with Gasteiger partial charge in [-0.05, 0) is 43.0 Å². The van der Waals surface area contributed by atoms with Crippen LogP contribution < -0.4 is 10.6 Å². The van der Waals surface area contributed by atoms with Gasteiger partial charge in [0.05, 0.1) is 13.2 Å². The third kappa shape index (κ3) is 9.43. The summed E-state index contributed by atoms with van der Waals surface area (Å²) in [6.45, 7) is -0.172. The van der Waals surface area contributed by atoms with Crippen molar-refractivity contribution in [1.82, 2.24) is 15.6 Å². The Kier molecular flexibility index (Phi) is 13.6. The summed E-state index contributed by atoms with van der Waals surface area (Å²) in [5.74, 6) is -0.291. The van der Waals surface area contributed by atoms with Crippen LogP contribution in [-0.4, -0.2) is 153 Å². The Bertz CT molecular complexity index is 1330. The highest BCUT2D eigenvalue weighted by atomic mass is 19.1. The fraction of sp³-hybridized carbons (Fsp3) is 0.719. The van der Waals surface area contributed by atoms with Crippen LogP contribution in [0.2, 0.25) is 0 Å². The molecule has 0 bridgehead atoms. The lowest BCUT2D eigenvalue weighted by Crippen LogP contribution is -2.64. The van der Waals surface area contributed by atoms with Crippen molar-refractivity contribution in [2.45, 2.75) is 112 Å². The molecule has 12 atom stereocenters. The minimum atomic E-state index is -1.74. The summed E-state index contributed by atoms with van der Waals surface area (Å²) in [4.78, 5) is 15.4. The zero-order chi connectivity index (χ0) is 35.1. The molecule has 17 heteroatoms. The molecular weight excluding hydrogens is 653 g/mol. The predicted molar refractivity (Wildman–Crippen MR) is 167 cm³/mol. The second-order valence-corrected chi connectivity index (χ2v) is 12.8. The summed E-state index contributed by atoms with van der Waals surface area (Å²) in [5.41, 5.74) is 1.82. The smallest absolute Gasteiger partial charge is 0.407 e. The van der Waals surface area contributed by atoms with E-state index >= 15 is 0 Å². The topological polar surface area (TPSA) is 245 Å². The molecule has 16 nitrogen and oxygen atoms in total. The molecule has 3 aliphatic heterocycles. The van der Waals surface area contributed by atoms with E-state index < -0.39 is 80.7 Å². The number of aliphatic hydroxyl groups excluding tert-OH is 7. The number of fused-ring (bicyclic) bond motifs is 1. The zero-order valence-electron chi connectivity index (χ0n) is 27.0. The number of hydrogen-bond acceptors (Lipinski definition) is 14. The Morgan fingerprint density at radius 1 is 0.918 bits per heavy atom. The minimum Gasteiger partial charge on any atom is -0.445 e. The van der Waals surface area contributed by atoms with Crippen LogP contribution in [0.4, 0.5) is 9.18 Å². The van der Waals surface area contributed by atoms with Gasteiger partial charge < -0.3 is 75.0 Å². The largest absolute Gasteiger partial charge is 0.445 e. The monoisotopic (exact) mass is 701 g/mol. The van der Waals surface area contributed by atoms with Crippen LogP contribution in [0.3, 0.4) is 0 Å². The molecule has 0 aliphatic carbocycles. The van der Waals surface area contributed by atoms with Crippen molar-refractivity contribution in [3.63, 3.8) is 0 Å². The maximum absolute atomic E-state index is 13.5. The van der Waals surface area contributed by atoms with Crippen LogP contribution in [0, 0.1) is 5.82 Å². The summed E-state index contributed by atoms with van der Waals surface area (Å²) in [6.07, 6.45) is -9.65. The van der Waals surface area contributed by atoms with Crippen LogP contribution in [-0.2, 0) is 30.1 Å². The lowest BCUT2D eigenvalue weighted by atomic mass is 9.97. The Labute approximate surface area is 282 Å². The first-order chi connectivity index (χ1) is 23.6. The van der Waals surface area contributed by atoms with Gasteiger partial charge in [-0.25, -0.2) is 9.18 Å². The van der Waals surface area contributed by atoms with Crippen LogP contribution >= 0.6 is 0 Å². The van der Waals surface area contributed by atoms with E-state index in [2.05, 4.69) is 15.6 Å². The highest BCUT2D eigenvalue weighted by molar-refractivity contribution is 5.83. The highest BCUT2D eigenvalue weighted by Crippen LogP contribution is 2.30. The van der Waals surface area contributed by atoms with Crippen LogP contribution in [0.25, 0.3) is 10.9 Å². The average molecular weight is 702 g/mol. The van der Waals surface area contributed by atoms with Crippen molar-refractivity contribution in [3.8, 4) is 0 Å². The SMILES string of the molecule is O=C(NCCCCCCO[C@@H]1OC(CO)[C@@H](O[C@@H]2OC(CO)[C@H](O)[C@H](O)C2O)[C@H](O)C1O)O[C@@H]1CN[C@H](Cc2c[nH]c3cc(F)ccc23)C1. The van der Waals surface area contributed by atoms with Gasteiger partial charge in [0.15, 0.2) is 12.6 Å². The van der Waals surface area contributed by atoms with E-state index in [1.165, 1.54) is 12.1 Å². The normalized spacial score (nSPS) is 35.1. The van der Waals surface area contributed by atoms with Crippen LogP contribution in [0.1, 0.15) is 37.7 Å². The molecule has 1 aromatic carbocycles. The number of unbranched alkanes of at least 4 members (excludes halogenated alkanes) is 3. The Hall–Kier alpha value is -2.52. The fourth-order valence-corrected chi connectivity index (χ4v) is 6.48. The highest BCUT2D eigenvalue weighted by Gasteiger charge is 2.50. The third-order valence-electron chi connectivity index (χ3n) is 9.23. The number of amides is 1. The van der Waals surface area contributed by atoms with Crippen LogP contribution in [0.15, 0.2) is 24.4 Å². The molecule has 3 fully saturated rings. The summed E-state index contributed by atoms with van der Waals surface area (Å²) in [6, 6.07) is 4.80. The first-order valence-corrected chi connectivity index (χ1v) is 16.7. The molecule has 3 aliphatic rings. The number of aromatic amines is 1. The second kappa shape index (κ2) is 17.6. The minimum absolute atomic E-state index is 0.133. The van der Waals surface area contributed by atoms with E-state index in [4.69, 9.17) is 23.7 Å². The number of carbonyl (C=O) groups is 1. The molecule has 1 amide bonds. The first kappa shape index (κ1) is 37.7. The lowest BCUT2D eigenvalue weighted by molar-refractivity contribution is -0.359. The van der Waals surface area contributed by atoms with E-state index in [-0.39, 0.29) is 24.6 Å². The van der Waals surface area contributed by atoms with Gasteiger partial charge in [0.1, 0.15) is 60.8 Å². The maximum Gasteiger partial charge on any atom is 0.407 e. The molecular formula is C32H48FN3O13. The van der Waals surface area contributed by atoms with Gasteiger partial charge in [0.2, 0.25) is 0 Å². The number of rotatable bonds is 15. The Balaban J connectivity index is 0.933. The van der Waals surface area contributed by atoms with Gasteiger partial charge in [0, 0.05) is 49.3 Å². The van der Waals surface area contributed by atoms with Crippen molar-refractivity contribution >= 4 is 17.0 Å². The number of benzene rings is 1. The number of ether oxygens (including phenoxy) is 5. The molecule has 4 heterocycles.